The van der Waals surface area contributed by atoms with Crippen molar-refractivity contribution in [1.82, 2.24) is 9.55 Å². The van der Waals surface area contributed by atoms with Crippen LogP contribution in [0.2, 0.25) is 0 Å². The predicted octanol–water partition coefficient (Wildman–Crippen LogP) is 11.5. The molecule has 0 atom stereocenters. The molecule has 0 bridgehead atoms. The van der Waals surface area contributed by atoms with E-state index in [0.717, 1.165) is 35.8 Å². The van der Waals surface area contributed by atoms with Gasteiger partial charge in [0.2, 0.25) is 11.6 Å². The lowest BCUT2D eigenvalue weighted by molar-refractivity contribution is 0.0970. The van der Waals surface area contributed by atoms with Crippen LogP contribution in [0.5, 0.6) is 0 Å². The van der Waals surface area contributed by atoms with Gasteiger partial charge in [0.1, 0.15) is 17.2 Å². The van der Waals surface area contributed by atoms with Crippen molar-refractivity contribution in [1.29, 1.82) is 0 Å². The highest BCUT2D eigenvalue weighted by atomic mass is 31.2. The van der Waals surface area contributed by atoms with Crippen molar-refractivity contribution in [2.24, 2.45) is 0 Å². The third-order valence-electron chi connectivity index (χ3n) is 12.7. The van der Waals surface area contributed by atoms with E-state index in [1.165, 1.54) is 109 Å². The topological polar surface area (TPSA) is 52.0 Å². The number of imidazole rings is 1. The second kappa shape index (κ2) is 16.5. The number of aromatic nitrogens is 2. The van der Waals surface area contributed by atoms with Gasteiger partial charge in [-0.05, 0) is 103 Å². The highest BCUT2D eigenvalue weighted by Crippen LogP contribution is 2.77. The maximum Gasteiger partial charge on any atom is 0.214 e. The standard InChI is InChI=1S/C41H62N2O2P/c1-32-42-38-39(41(45)37-29-19-18-28-36(37)40(38)44)43(32)30-20-7-5-3-2-4-6-8-21-31-46(33-22-12-9-13-23-33,34-24-14-10-15-25-34)35-26-16-11-17-27-35/h18-19,28-29,33-35H,2-17,20-27,30-31H2,1H3/q+1. The number of hydrogen-bond donors (Lipinski definition) is 0. The van der Waals surface area contributed by atoms with Crippen LogP contribution in [0, 0.1) is 6.92 Å². The van der Waals surface area contributed by atoms with Gasteiger partial charge in [-0.2, -0.15) is 0 Å². The van der Waals surface area contributed by atoms with E-state index in [2.05, 4.69) is 4.98 Å². The van der Waals surface area contributed by atoms with Gasteiger partial charge < -0.3 is 4.57 Å². The van der Waals surface area contributed by atoms with Crippen LogP contribution < -0.4 is 0 Å². The van der Waals surface area contributed by atoms with Crippen molar-refractivity contribution in [3.63, 3.8) is 0 Å². The van der Waals surface area contributed by atoms with Crippen LogP contribution in [0.15, 0.2) is 24.3 Å². The lowest BCUT2D eigenvalue weighted by atomic mass is 9.90. The number of carbonyl (C=O) groups is 2. The number of rotatable bonds is 15. The van der Waals surface area contributed by atoms with Crippen molar-refractivity contribution in [3.8, 4) is 0 Å². The summed E-state index contributed by atoms with van der Waals surface area (Å²) >= 11 is 0. The normalized spacial score (nSPS) is 20.2. The number of ketones is 2. The van der Waals surface area contributed by atoms with E-state index < -0.39 is 7.26 Å². The summed E-state index contributed by atoms with van der Waals surface area (Å²) < 4.78 is 2.00. The number of nitrogens with zero attached hydrogens (tertiary/aromatic N) is 2. The number of aryl methyl sites for hydroxylation is 1. The lowest BCUT2D eigenvalue weighted by Crippen LogP contribution is -2.37. The second-order valence-corrected chi connectivity index (χ2v) is 20.1. The zero-order valence-electron chi connectivity index (χ0n) is 29.1. The Balaban J connectivity index is 0.928. The van der Waals surface area contributed by atoms with Gasteiger partial charge >= 0.3 is 0 Å². The summed E-state index contributed by atoms with van der Waals surface area (Å²) in [7, 11) is -0.898. The summed E-state index contributed by atoms with van der Waals surface area (Å²) in [4.78, 5) is 30.8. The van der Waals surface area contributed by atoms with Crippen molar-refractivity contribution in [2.75, 3.05) is 6.16 Å². The fraction of sp³-hybridized carbons (Fsp3) is 0.732. The van der Waals surface area contributed by atoms with Crippen LogP contribution >= 0.6 is 7.26 Å². The molecule has 4 nitrogen and oxygen atoms in total. The van der Waals surface area contributed by atoms with Gasteiger partial charge in [-0.15, -0.1) is 0 Å². The monoisotopic (exact) mass is 645 g/mol. The van der Waals surface area contributed by atoms with Crippen molar-refractivity contribution in [3.05, 3.63) is 52.6 Å². The molecule has 3 saturated carbocycles. The maximum atomic E-state index is 13.3. The first-order valence-corrected chi connectivity index (χ1v) is 21.9. The van der Waals surface area contributed by atoms with Gasteiger partial charge in [0.15, 0.2) is 0 Å². The molecule has 0 radical (unpaired) electrons. The molecule has 6 rings (SSSR count). The van der Waals surface area contributed by atoms with Crippen LogP contribution in [-0.4, -0.2) is 44.3 Å². The van der Waals surface area contributed by atoms with E-state index in [-0.39, 0.29) is 11.6 Å². The van der Waals surface area contributed by atoms with Crippen LogP contribution in [0.3, 0.4) is 0 Å². The third-order valence-corrected chi connectivity index (χ3v) is 19.4. The van der Waals surface area contributed by atoms with E-state index in [1.54, 1.807) is 56.8 Å². The van der Waals surface area contributed by atoms with Crippen LogP contribution in [0.25, 0.3) is 0 Å². The van der Waals surface area contributed by atoms with Crippen LogP contribution in [-0.2, 0) is 6.54 Å². The van der Waals surface area contributed by atoms with Crippen LogP contribution in [0.4, 0.5) is 0 Å². The maximum absolute atomic E-state index is 13.3. The Morgan fingerprint density at radius 1 is 0.609 bits per heavy atom. The molecule has 1 heterocycles. The quantitative estimate of drug-likeness (QED) is 0.122. The highest BCUT2D eigenvalue weighted by molar-refractivity contribution is 7.77. The molecule has 3 fully saturated rings. The lowest BCUT2D eigenvalue weighted by Gasteiger charge is -2.49. The molecule has 5 heteroatoms. The van der Waals surface area contributed by atoms with Crippen LogP contribution in [0.1, 0.15) is 192 Å². The minimum atomic E-state index is -0.898. The predicted molar refractivity (Wildman–Crippen MR) is 194 cm³/mol. The molecule has 0 N–H and O–H groups in total. The average Bonchev–Trinajstić information content (AvgIpc) is 3.45. The zero-order chi connectivity index (χ0) is 31.8. The molecule has 1 aromatic carbocycles. The summed E-state index contributed by atoms with van der Waals surface area (Å²) in [6.07, 6.45) is 36.8. The van der Waals surface area contributed by atoms with Gasteiger partial charge in [-0.3, -0.25) is 9.59 Å². The first-order valence-electron chi connectivity index (χ1n) is 19.7. The molecule has 46 heavy (non-hydrogen) atoms. The molecular formula is C41H62N2O2P+. The summed E-state index contributed by atoms with van der Waals surface area (Å²) in [5, 5.41) is 0. The highest BCUT2D eigenvalue weighted by Gasteiger charge is 2.56. The number of benzene rings is 1. The minimum absolute atomic E-state index is 0.0543. The Morgan fingerprint density at radius 2 is 1.04 bits per heavy atom. The Bertz CT molecular complexity index is 1250. The van der Waals surface area contributed by atoms with E-state index in [0.29, 0.717) is 22.5 Å². The molecule has 1 aromatic heterocycles. The molecule has 0 saturated heterocycles. The van der Waals surface area contributed by atoms with Gasteiger partial charge in [0, 0.05) is 24.9 Å². The van der Waals surface area contributed by atoms with Gasteiger partial charge in [0.25, 0.3) is 0 Å². The summed E-state index contributed by atoms with van der Waals surface area (Å²) in [5.41, 5.74) is 5.27. The summed E-state index contributed by atoms with van der Waals surface area (Å²) in [6.45, 7) is 2.69. The molecule has 252 valence electrons. The van der Waals surface area contributed by atoms with Gasteiger partial charge in [0.05, 0.1) is 23.1 Å². The first kappa shape index (κ1) is 34.1. The number of carbonyl (C=O) groups excluding carboxylic acids is 2. The SMILES string of the molecule is Cc1nc2c(n1CCCCCCCCCCC[P+](C1CCCCC1)(C1CCCCC1)C1CCCCC1)C(=O)c1ccccc1C2=O. The smallest absolute Gasteiger partial charge is 0.214 e. The Kier molecular flexibility index (Phi) is 12.3. The summed E-state index contributed by atoms with van der Waals surface area (Å²) in [5.74, 6) is 0.611. The molecule has 0 amide bonds. The third kappa shape index (κ3) is 7.43. The molecule has 4 aliphatic carbocycles. The van der Waals surface area contributed by atoms with E-state index in [4.69, 9.17) is 0 Å². The molecule has 0 spiro atoms. The largest absolute Gasteiger partial charge is 0.325 e. The zero-order valence-corrected chi connectivity index (χ0v) is 30.0. The summed E-state index contributed by atoms with van der Waals surface area (Å²) in [6, 6.07) is 7.17. The number of fused-ring (bicyclic) bond motifs is 2. The van der Waals surface area contributed by atoms with E-state index in [1.807, 2.05) is 23.6 Å². The van der Waals surface area contributed by atoms with E-state index >= 15 is 0 Å². The first-order chi connectivity index (χ1) is 22.6. The fourth-order valence-electron chi connectivity index (χ4n) is 10.4. The Morgan fingerprint density at radius 3 is 1.54 bits per heavy atom. The number of hydrogen-bond acceptors (Lipinski definition) is 3. The minimum Gasteiger partial charge on any atom is -0.325 e. The Labute approximate surface area is 280 Å². The van der Waals surface area contributed by atoms with Crippen molar-refractivity contribution >= 4 is 18.8 Å². The fourth-order valence-corrected chi connectivity index (χ4v) is 18.0. The van der Waals surface area contributed by atoms with Gasteiger partial charge in [-0.25, -0.2) is 4.98 Å². The van der Waals surface area contributed by atoms with Crippen molar-refractivity contribution in [2.45, 2.75) is 185 Å². The molecule has 4 aliphatic rings. The van der Waals surface area contributed by atoms with E-state index in [9.17, 15) is 9.59 Å². The molecule has 0 aliphatic heterocycles. The van der Waals surface area contributed by atoms with Gasteiger partial charge in [-0.1, -0.05) is 82.1 Å². The Hall–Kier alpha value is -1.80. The second-order valence-electron chi connectivity index (χ2n) is 15.5. The van der Waals surface area contributed by atoms with Crippen molar-refractivity contribution < 1.29 is 9.59 Å². The average molecular weight is 646 g/mol. The molecular weight excluding hydrogens is 583 g/mol. The number of unbranched alkanes of at least 4 members (excludes halogenated alkanes) is 8. The molecule has 0 unspecified atom stereocenters. The molecule has 2 aromatic rings.